The predicted octanol–water partition coefficient (Wildman–Crippen LogP) is 2.84. The Morgan fingerprint density at radius 2 is 2.12 bits per heavy atom. The highest BCUT2D eigenvalue weighted by Crippen LogP contribution is 2.17. The number of nitrogens with one attached hydrogen (secondary N) is 1. The second-order valence-electron chi connectivity index (χ2n) is 3.53. The number of carbonyl (C=O) groups is 1. The van der Waals surface area contributed by atoms with Gasteiger partial charge in [0.25, 0.3) is 5.78 Å². The first-order chi connectivity index (χ1) is 7.79. The van der Waals surface area contributed by atoms with Crippen LogP contribution in [0, 0.1) is 6.92 Å². The first-order valence-corrected chi connectivity index (χ1v) is 4.78. The van der Waals surface area contributed by atoms with Crippen molar-refractivity contribution in [1.29, 1.82) is 0 Å². The number of aromatic nitrogens is 1. The molecule has 0 spiro atoms. The van der Waals surface area contributed by atoms with E-state index in [1.165, 1.54) is 13.1 Å². The SMILES string of the molecule is C/C(=C\C(=O)C(F)(F)F)Nc1cc(C)ccn1. The molecule has 1 heterocycles. The molecule has 0 radical (unpaired) electrons. The van der Waals surface area contributed by atoms with Gasteiger partial charge in [-0.1, -0.05) is 0 Å². The molecule has 0 unspecified atom stereocenters. The molecule has 0 aromatic carbocycles. The number of ketones is 1. The number of hydrogen-bond acceptors (Lipinski definition) is 3. The average molecular weight is 244 g/mol. The van der Waals surface area contributed by atoms with Gasteiger partial charge in [0.1, 0.15) is 5.82 Å². The molecule has 0 saturated heterocycles. The topological polar surface area (TPSA) is 42.0 Å². The summed E-state index contributed by atoms with van der Waals surface area (Å²) < 4.78 is 35.9. The molecule has 1 aromatic heterocycles. The Morgan fingerprint density at radius 3 is 2.65 bits per heavy atom. The third-order valence-corrected chi connectivity index (χ3v) is 1.87. The molecule has 0 saturated carbocycles. The minimum Gasteiger partial charge on any atom is -0.344 e. The molecule has 0 fully saturated rings. The molecule has 6 heteroatoms. The molecule has 92 valence electrons. The first kappa shape index (κ1) is 13.2. The van der Waals surface area contributed by atoms with Crippen molar-refractivity contribution >= 4 is 11.6 Å². The summed E-state index contributed by atoms with van der Waals surface area (Å²) in [6.07, 6.45) is -2.82. The first-order valence-electron chi connectivity index (χ1n) is 4.78. The normalized spacial score (nSPS) is 12.4. The van der Waals surface area contributed by atoms with E-state index in [4.69, 9.17) is 0 Å². The Hall–Kier alpha value is -1.85. The van der Waals surface area contributed by atoms with Crippen LogP contribution in [0.3, 0.4) is 0 Å². The van der Waals surface area contributed by atoms with Crippen LogP contribution >= 0.6 is 0 Å². The summed E-state index contributed by atoms with van der Waals surface area (Å²) in [6, 6.07) is 3.42. The molecule has 3 nitrogen and oxygen atoms in total. The summed E-state index contributed by atoms with van der Waals surface area (Å²) in [7, 11) is 0. The lowest BCUT2D eigenvalue weighted by Crippen LogP contribution is -2.21. The minimum atomic E-state index is -4.84. The fourth-order valence-corrected chi connectivity index (χ4v) is 1.12. The molecule has 0 amide bonds. The number of pyridine rings is 1. The van der Waals surface area contributed by atoms with Gasteiger partial charge in [0.15, 0.2) is 0 Å². The summed E-state index contributed by atoms with van der Waals surface area (Å²) in [4.78, 5) is 14.6. The van der Waals surface area contributed by atoms with Gasteiger partial charge in [0.2, 0.25) is 0 Å². The van der Waals surface area contributed by atoms with Gasteiger partial charge in [-0.3, -0.25) is 4.79 Å². The van der Waals surface area contributed by atoms with E-state index in [-0.39, 0.29) is 5.70 Å². The van der Waals surface area contributed by atoms with Crippen molar-refractivity contribution in [1.82, 2.24) is 4.98 Å². The molecule has 17 heavy (non-hydrogen) atoms. The van der Waals surface area contributed by atoms with Crippen molar-refractivity contribution in [2.45, 2.75) is 20.0 Å². The summed E-state index contributed by atoms with van der Waals surface area (Å²) in [5, 5.41) is 2.61. The third kappa shape index (κ3) is 4.26. The Morgan fingerprint density at radius 1 is 1.47 bits per heavy atom. The summed E-state index contributed by atoms with van der Waals surface area (Å²) in [5.41, 5.74) is 1.00. The van der Waals surface area contributed by atoms with E-state index in [0.29, 0.717) is 11.9 Å². The Bertz CT molecular complexity index is 452. The fraction of sp³-hybridized carbons (Fsp3) is 0.273. The maximum Gasteiger partial charge on any atom is 0.454 e. The van der Waals surface area contributed by atoms with Gasteiger partial charge in [0, 0.05) is 18.0 Å². The lowest BCUT2D eigenvalue weighted by molar-refractivity contribution is -0.165. The second kappa shape index (κ2) is 4.99. The van der Waals surface area contributed by atoms with Gasteiger partial charge in [0.05, 0.1) is 0 Å². The van der Waals surface area contributed by atoms with Crippen LogP contribution < -0.4 is 5.32 Å². The molecular weight excluding hydrogens is 233 g/mol. The number of aryl methyl sites for hydroxylation is 1. The van der Waals surface area contributed by atoms with Gasteiger partial charge in [-0.25, -0.2) is 4.98 Å². The molecule has 0 aliphatic carbocycles. The maximum absolute atomic E-state index is 12.0. The number of hydrogen-bond donors (Lipinski definition) is 1. The number of allylic oxidation sites excluding steroid dienone is 2. The fourth-order valence-electron chi connectivity index (χ4n) is 1.12. The van der Waals surface area contributed by atoms with Crippen molar-refractivity contribution in [2.75, 3.05) is 5.32 Å². The number of nitrogens with zero attached hydrogens (tertiary/aromatic N) is 1. The van der Waals surface area contributed by atoms with E-state index in [2.05, 4.69) is 10.3 Å². The standard InChI is InChI=1S/C11H11F3N2O/c1-7-3-4-15-10(5-7)16-8(2)6-9(17)11(12,13)14/h3-6H,1-2H3,(H,15,16)/b8-6+. The number of halogens is 3. The number of rotatable bonds is 3. The van der Waals surface area contributed by atoms with Crippen molar-refractivity contribution in [2.24, 2.45) is 0 Å². The van der Waals surface area contributed by atoms with Crippen LogP contribution in [0.4, 0.5) is 19.0 Å². The van der Waals surface area contributed by atoms with Crippen LogP contribution in [0.5, 0.6) is 0 Å². The van der Waals surface area contributed by atoms with Crippen molar-refractivity contribution in [3.63, 3.8) is 0 Å². The van der Waals surface area contributed by atoms with E-state index in [1.54, 1.807) is 12.1 Å². The summed E-state index contributed by atoms with van der Waals surface area (Å²) in [6.45, 7) is 3.19. The Balaban J connectivity index is 2.76. The molecule has 1 N–H and O–H groups in total. The monoisotopic (exact) mass is 244 g/mol. The maximum atomic E-state index is 12.0. The van der Waals surface area contributed by atoms with Crippen molar-refractivity contribution < 1.29 is 18.0 Å². The number of alkyl halides is 3. The molecular formula is C11H11F3N2O. The lowest BCUT2D eigenvalue weighted by Gasteiger charge is -2.07. The van der Waals surface area contributed by atoms with Gasteiger partial charge >= 0.3 is 6.18 Å². The van der Waals surface area contributed by atoms with Gasteiger partial charge in [-0.15, -0.1) is 0 Å². The van der Waals surface area contributed by atoms with E-state index >= 15 is 0 Å². The Kier molecular flexibility index (Phi) is 3.88. The quantitative estimate of drug-likeness (QED) is 0.831. The molecule has 0 aliphatic heterocycles. The number of carbonyl (C=O) groups excluding carboxylic acids is 1. The summed E-state index contributed by atoms with van der Waals surface area (Å²) >= 11 is 0. The molecule has 1 aromatic rings. The highest BCUT2D eigenvalue weighted by molar-refractivity contribution is 5.95. The largest absolute Gasteiger partial charge is 0.454 e. The highest BCUT2D eigenvalue weighted by Gasteiger charge is 2.36. The predicted molar refractivity (Wildman–Crippen MR) is 57.4 cm³/mol. The van der Waals surface area contributed by atoms with E-state index in [9.17, 15) is 18.0 Å². The van der Waals surface area contributed by atoms with Crippen LogP contribution in [0.15, 0.2) is 30.1 Å². The minimum absolute atomic E-state index is 0.0884. The lowest BCUT2D eigenvalue weighted by atomic mass is 10.3. The van der Waals surface area contributed by atoms with E-state index in [0.717, 1.165) is 5.56 Å². The molecule has 0 aliphatic rings. The Labute approximate surface area is 96.4 Å². The smallest absolute Gasteiger partial charge is 0.344 e. The van der Waals surface area contributed by atoms with Crippen LogP contribution in [0.1, 0.15) is 12.5 Å². The van der Waals surface area contributed by atoms with Gasteiger partial charge in [-0.2, -0.15) is 13.2 Å². The van der Waals surface area contributed by atoms with Crippen LogP contribution in [-0.2, 0) is 4.79 Å². The zero-order chi connectivity index (χ0) is 13.1. The molecule has 0 bridgehead atoms. The zero-order valence-electron chi connectivity index (χ0n) is 9.30. The number of anilines is 1. The average Bonchev–Trinajstić information content (AvgIpc) is 2.15. The van der Waals surface area contributed by atoms with E-state index < -0.39 is 12.0 Å². The second-order valence-corrected chi connectivity index (χ2v) is 3.53. The van der Waals surface area contributed by atoms with Gasteiger partial charge in [-0.05, 0) is 31.5 Å². The molecule has 1 rings (SSSR count). The van der Waals surface area contributed by atoms with Crippen LogP contribution in [0.25, 0.3) is 0 Å². The van der Waals surface area contributed by atoms with Crippen LogP contribution in [-0.4, -0.2) is 16.9 Å². The van der Waals surface area contributed by atoms with Crippen molar-refractivity contribution in [3.8, 4) is 0 Å². The zero-order valence-corrected chi connectivity index (χ0v) is 9.30. The highest BCUT2D eigenvalue weighted by atomic mass is 19.4. The van der Waals surface area contributed by atoms with Crippen molar-refractivity contribution in [3.05, 3.63) is 35.7 Å². The van der Waals surface area contributed by atoms with Gasteiger partial charge < -0.3 is 5.32 Å². The van der Waals surface area contributed by atoms with E-state index in [1.807, 2.05) is 6.92 Å². The third-order valence-electron chi connectivity index (χ3n) is 1.87. The molecule has 0 atom stereocenters. The van der Waals surface area contributed by atoms with Crippen LogP contribution in [0.2, 0.25) is 0 Å². The summed E-state index contributed by atoms with van der Waals surface area (Å²) in [5.74, 6) is -1.50.